The van der Waals surface area contributed by atoms with Gasteiger partial charge in [-0.3, -0.25) is 9.59 Å². The van der Waals surface area contributed by atoms with E-state index in [0.717, 1.165) is 16.7 Å². The van der Waals surface area contributed by atoms with E-state index in [0.29, 0.717) is 0 Å². The summed E-state index contributed by atoms with van der Waals surface area (Å²) in [7, 11) is 0. The van der Waals surface area contributed by atoms with Crippen molar-refractivity contribution in [3.63, 3.8) is 0 Å². The molecule has 0 saturated carbocycles. The summed E-state index contributed by atoms with van der Waals surface area (Å²) in [6.07, 6.45) is 0.422. The minimum atomic E-state index is -0.356. The number of carbonyl (C=O) groups excluding carboxylic acids is 2. The van der Waals surface area contributed by atoms with Gasteiger partial charge in [-0.1, -0.05) is 42.0 Å². The summed E-state index contributed by atoms with van der Waals surface area (Å²) >= 11 is 0. The third-order valence-corrected chi connectivity index (χ3v) is 4.90. The fraction of sp³-hybridized carbons (Fsp3) is 0.333. The highest BCUT2D eigenvalue weighted by Crippen LogP contribution is 2.36. The van der Waals surface area contributed by atoms with Crippen molar-refractivity contribution in [2.24, 2.45) is 5.92 Å². The van der Waals surface area contributed by atoms with Crippen molar-refractivity contribution in [1.82, 2.24) is 5.32 Å². The van der Waals surface area contributed by atoms with Crippen LogP contribution in [0.5, 0.6) is 0 Å². The number of ketones is 1. The highest BCUT2D eigenvalue weighted by molar-refractivity contribution is 5.90. The van der Waals surface area contributed by atoms with Crippen LogP contribution in [0.4, 0.5) is 4.39 Å². The third kappa shape index (κ3) is 3.95. The lowest BCUT2D eigenvalue weighted by Gasteiger charge is -2.20. The average molecular weight is 339 g/mol. The van der Waals surface area contributed by atoms with Crippen LogP contribution in [0.2, 0.25) is 0 Å². The van der Waals surface area contributed by atoms with Gasteiger partial charge in [-0.15, -0.1) is 0 Å². The first-order chi connectivity index (χ1) is 11.9. The van der Waals surface area contributed by atoms with Crippen LogP contribution >= 0.6 is 0 Å². The molecule has 130 valence electrons. The Morgan fingerprint density at radius 3 is 2.36 bits per heavy atom. The molecule has 2 aromatic rings. The van der Waals surface area contributed by atoms with E-state index in [2.05, 4.69) is 5.32 Å². The molecule has 1 heterocycles. The number of rotatable bonds is 5. The largest absolute Gasteiger partial charge is 0.353 e. The van der Waals surface area contributed by atoms with Crippen molar-refractivity contribution in [2.75, 3.05) is 0 Å². The lowest BCUT2D eigenvalue weighted by atomic mass is 9.81. The van der Waals surface area contributed by atoms with Crippen LogP contribution in [-0.2, 0) is 16.0 Å². The number of aryl methyl sites for hydroxylation is 1. The Kier molecular flexibility index (Phi) is 4.98. The van der Waals surface area contributed by atoms with Crippen LogP contribution in [-0.4, -0.2) is 17.7 Å². The minimum absolute atomic E-state index is 0.00109. The number of benzene rings is 2. The Hall–Kier alpha value is -2.49. The lowest BCUT2D eigenvalue weighted by Crippen LogP contribution is -2.25. The van der Waals surface area contributed by atoms with Crippen LogP contribution in [0.15, 0.2) is 48.5 Å². The topological polar surface area (TPSA) is 46.2 Å². The fourth-order valence-electron chi connectivity index (χ4n) is 3.61. The molecule has 0 unspecified atom stereocenters. The first kappa shape index (κ1) is 17.3. The van der Waals surface area contributed by atoms with Gasteiger partial charge in [-0.25, -0.2) is 4.39 Å². The second-order valence-electron chi connectivity index (χ2n) is 6.89. The van der Waals surface area contributed by atoms with Crippen LogP contribution in [0, 0.1) is 18.7 Å². The Morgan fingerprint density at radius 1 is 1.08 bits per heavy atom. The standard InChI is InChI=1S/C21H22FNO2/c1-13-3-7-16(8-4-13)20-14(2)23-21(25)19(20)12-18(24)11-15-5-9-17(22)10-6-15/h3-10,14,19-20H,11-12H2,1-2H3,(H,23,25)/t14-,19-,20-/m0/s1. The average Bonchev–Trinajstić information content (AvgIpc) is 2.84. The molecule has 0 aliphatic carbocycles. The number of hydrogen-bond acceptors (Lipinski definition) is 2. The van der Waals surface area contributed by atoms with E-state index in [1.807, 2.05) is 38.1 Å². The molecule has 3 rings (SSSR count). The molecule has 1 N–H and O–H groups in total. The van der Waals surface area contributed by atoms with E-state index < -0.39 is 0 Å². The zero-order valence-corrected chi connectivity index (χ0v) is 14.5. The number of halogens is 1. The van der Waals surface area contributed by atoms with E-state index in [1.54, 1.807) is 12.1 Å². The van der Waals surface area contributed by atoms with E-state index in [1.165, 1.54) is 12.1 Å². The summed E-state index contributed by atoms with van der Waals surface area (Å²) in [5.41, 5.74) is 3.01. The number of amides is 1. The summed E-state index contributed by atoms with van der Waals surface area (Å²) in [6, 6.07) is 14.1. The predicted molar refractivity (Wildman–Crippen MR) is 94.7 cm³/mol. The van der Waals surface area contributed by atoms with Crippen molar-refractivity contribution in [3.8, 4) is 0 Å². The molecule has 3 nitrogen and oxygen atoms in total. The maximum Gasteiger partial charge on any atom is 0.224 e. The van der Waals surface area contributed by atoms with Gasteiger partial charge in [-0.2, -0.15) is 0 Å². The zero-order valence-electron chi connectivity index (χ0n) is 14.5. The van der Waals surface area contributed by atoms with E-state index in [4.69, 9.17) is 0 Å². The fourth-order valence-corrected chi connectivity index (χ4v) is 3.61. The molecule has 0 spiro atoms. The second kappa shape index (κ2) is 7.18. The van der Waals surface area contributed by atoms with E-state index in [-0.39, 0.29) is 48.2 Å². The van der Waals surface area contributed by atoms with Crippen molar-refractivity contribution >= 4 is 11.7 Å². The van der Waals surface area contributed by atoms with Crippen LogP contribution < -0.4 is 5.32 Å². The molecule has 25 heavy (non-hydrogen) atoms. The molecule has 0 bridgehead atoms. The van der Waals surface area contributed by atoms with E-state index in [9.17, 15) is 14.0 Å². The molecule has 1 amide bonds. The number of nitrogens with one attached hydrogen (secondary N) is 1. The van der Waals surface area contributed by atoms with Crippen LogP contribution in [0.25, 0.3) is 0 Å². The van der Waals surface area contributed by atoms with Gasteiger partial charge >= 0.3 is 0 Å². The van der Waals surface area contributed by atoms with Crippen molar-refractivity contribution in [3.05, 3.63) is 71.0 Å². The summed E-state index contributed by atoms with van der Waals surface area (Å²) in [4.78, 5) is 24.8. The molecule has 4 heteroatoms. The molecular formula is C21H22FNO2. The maximum atomic E-state index is 13.0. The first-order valence-corrected chi connectivity index (χ1v) is 8.57. The van der Waals surface area contributed by atoms with Gasteiger partial charge in [0.25, 0.3) is 0 Å². The SMILES string of the molecule is Cc1ccc([C@@H]2[C@H](C)NC(=O)[C@H]2CC(=O)Cc2ccc(F)cc2)cc1. The van der Waals surface area contributed by atoms with Gasteiger partial charge in [-0.05, 0) is 37.1 Å². The molecule has 0 radical (unpaired) electrons. The zero-order chi connectivity index (χ0) is 18.0. The minimum Gasteiger partial charge on any atom is -0.353 e. The smallest absolute Gasteiger partial charge is 0.224 e. The second-order valence-corrected chi connectivity index (χ2v) is 6.89. The summed E-state index contributed by atoms with van der Waals surface area (Å²) < 4.78 is 13.0. The van der Waals surface area contributed by atoms with Crippen molar-refractivity contribution in [2.45, 2.75) is 38.6 Å². The number of Topliss-reactive ketones (excluding diaryl/α,β-unsaturated/α-hetero) is 1. The predicted octanol–water partition coefficient (Wildman–Crippen LogP) is 3.55. The van der Waals surface area contributed by atoms with Crippen molar-refractivity contribution < 1.29 is 14.0 Å². The summed E-state index contributed by atoms with van der Waals surface area (Å²) in [5.74, 6) is -0.751. The quantitative estimate of drug-likeness (QED) is 0.905. The highest BCUT2D eigenvalue weighted by Gasteiger charge is 2.41. The van der Waals surface area contributed by atoms with Gasteiger partial charge in [0, 0.05) is 24.8 Å². The Bertz CT molecular complexity index is 767. The molecular weight excluding hydrogens is 317 g/mol. The molecule has 2 aromatic carbocycles. The monoisotopic (exact) mass is 339 g/mol. The van der Waals surface area contributed by atoms with Gasteiger partial charge in [0.05, 0.1) is 5.92 Å². The summed E-state index contributed by atoms with van der Waals surface area (Å²) in [6.45, 7) is 4.00. The molecule has 1 aliphatic rings. The normalized spacial score (nSPS) is 22.7. The van der Waals surface area contributed by atoms with Crippen LogP contribution in [0.3, 0.4) is 0 Å². The molecule has 1 fully saturated rings. The van der Waals surface area contributed by atoms with Gasteiger partial charge in [0.2, 0.25) is 5.91 Å². The highest BCUT2D eigenvalue weighted by atomic mass is 19.1. The van der Waals surface area contributed by atoms with Gasteiger partial charge in [0.1, 0.15) is 11.6 Å². The summed E-state index contributed by atoms with van der Waals surface area (Å²) in [5, 5.41) is 2.97. The van der Waals surface area contributed by atoms with Crippen molar-refractivity contribution in [1.29, 1.82) is 0 Å². The molecule has 3 atom stereocenters. The Labute approximate surface area is 147 Å². The first-order valence-electron chi connectivity index (χ1n) is 8.57. The Balaban J connectivity index is 1.74. The van der Waals surface area contributed by atoms with Crippen LogP contribution in [0.1, 0.15) is 36.0 Å². The molecule has 1 aliphatic heterocycles. The Morgan fingerprint density at radius 2 is 1.72 bits per heavy atom. The van der Waals surface area contributed by atoms with Gasteiger partial charge < -0.3 is 5.32 Å². The van der Waals surface area contributed by atoms with Gasteiger partial charge in [0.15, 0.2) is 0 Å². The molecule has 1 saturated heterocycles. The molecule has 0 aromatic heterocycles. The number of hydrogen-bond donors (Lipinski definition) is 1. The third-order valence-electron chi connectivity index (χ3n) is 4.90. The number of carbonyl (C=O) groups is 2. The maximum absolute atomic E-state index is 13.0. The van der Waals surface area contributed by atoms with E-state index >= 15 is 0 Å². The lowest BCUT2D eigenvalue weighted by molar-refractivity contribution is -0.127.